The van der Waals surface area contributed by atoms with Crippen LogP contribution in [0, 0.1) is 0 Å². The van der Waals surface area contributed by atoms with Gasteiger partial charge in [-0.25, -0.2) is 9.97 Å². The molecule has 0 amide bonds. The largest absolute Gasteiger partial charge is 0.443 e. The second-order valence-corrected chi connectivity index (χ2v) is 6.59. The summed E-state index contributed by atoms with van der Waals surface area (Å²) in [6.07, 6.45) is 4.49. The summed E-state index contributed by atoms with van der Waals surface area (Å²) in [5, 5.41) is 10.5. The molecular formula is C18H21N3O2. The van der Waals surface area contributed by atoms with Gasteiger partial charge in [-0.15, -0.1) is 0 Å². The zero-order valence-electron chi connectivity index (χ0n) is 13.6. The molecule has 5 nitrogen and oxygen atoms in total. The molecule has 0 bridgehead atoms. The molecule has 3 aromatic rings. The molecule has 0 saturated carbocycles. The summed E-state index contributed by atoms with van der Waals surface area (Å²) < 4.78 is 7.68. The van der Waals surface area contributed by atoms with Crippen LogP contribution in [0.3, 0.4) is 0 Å². The van der Waals surface area contributed by atoms with Crippen LogP contribution in [0.5, 0.6) is 0 Å². The summed E-state index contributed by atoms with van der Waals surface area (Å²) in [6, 6.07) is 9.48. The fraction of sp³-hybridized carbons (Fsp3) is 0.333. The molecule has 23 heavy (non-hydrogen) atoms. The second kappa shape index (κ2) is 6.01. The first-order valence-corrected chi connectivity index (χ1v) is 7.64. The predicted octanol–water partition coefficient (Wildman–Crippen LogP) is 3.30. The zero-order valence-corrected chi connectivity index (χ0v) is 13.6. The van der Waals surface area contributed by atoms with Crippen molar-refractivity contribution in [2.24, 2.45) is 0 Å². The Labute approximate surface area is 135 Å². The molecule has 2 heterocycles. The van der Waals surface area contributed by atoms with Crippen LogP contribution in [0.4, 0.5) is 0 Å². The van der Waals surface area contributed by atoms with E-state index < -0.39 is 6.10 Å². The van der Waals surface area contributed by atoms with Crippen LogP contribution < -0.4 is 0 Å². The molecule has 0 saturated heterocycles. The molecule has 5 heteroatoms. The Balaban J connectivity index is 1.83. The van der Waals surface area contributed by atoms with Gasteiger partial charge in [-0.05, 0) is 5.56 Å². The first-order chi connectivity index (χ1) is 10.9. The standard InChI is InChI=1S/C18H21N3O2/c1-18(2,3)14-11-20-15(23-14)12-21-10-9-19-17(21)16(22)13-7-5-4-6-8-13/h4-11,16,22H,12H2,1-3H3/t16-/m0/s1. The maximum atomic E-state index is 10.5. The molecule has 1 atom stereocenters. The highest BCUT2D eigenvalue weighted by atomic mass is 16.4. The molecule has 0 aliphatic rings. The van der Waals surface area contributed by atoms with E-state index in [0.29, 0.717) is 18.3 Å². The third-order valence-electron chi connectivity index (χ3n) is 3.71. The topological polar surface area (TPSA) is 64.1 Å². The molecule has 0 spiro atoms. The van der Waals surface area contributed by atoms with Gasteiger partial charge in [-0.2, -0.15) is 0 Å². The van der Waals surface area contributed by atoms with Gasteiger partial charge in [0, 0.05) is 17.8 Å². The van der Waals surface area contributed by atoms with E-state index in [1.54, 1.807) is 12.4 Å². The highest BCUT2D eigenvalue weighted by Gasteiger charge is 2.21. The Bertz CT molecular complexity index is 769. The van der Waals surface area contributed by atoms with Crippen molar-refractivity contribution in [3.8, 4) is 0 Å². The lowest BCUT2D eigenvalue weighted by molar-refractivity contribution is 0.204. The summed E-state index contributed by atoms with van der Waals surface area (Å²) in [4.78, 5) is 8.62. The number of nitrogens with zero attached hydrogens (tertiary/aromatic N) is 3. The lowest BCUT2D eigenvalue weighted by Crippen LogP contribution is -2.11. The van der Waals surface area contributed by atoms with Crippen LogP contribution in [-0.2, 0) is 12.0 Å². The van der Waals surface area contributed by atoms with E-state index in [9.17, 15) is 5.11 Å². The van der Waals surface area contributed by atoms with Crippen LogP contribution in [0.25, 0.3) is 0 Å². The summed E-state index contributed by atoms with van der Waals surface area (Å²) >= 11 is 0. The molecule has 1 aromatic carbocycles. The van der Waals surface area contributed by atoms with Gasteiger partial charge in [0.15, 0.2) is 0 Å². The van der Waals surface area contributed by atoms with Crippen molar-refractivity contribution in [1.82, 2.24) is 14.5 Å². The molecule has 120 valence electrons. The number of hydrogen-bond acceptors (Lipinski definition) is 4. The SMILES string of the molecule is CC(C)(C)c1cnc(Cn2ccnc2[C@@H](O)c2ccccc2)o1. The minimum Gasteiger partial charge on any atom is -0.443 e. The summed E-state index contributed by atoms with van der Waals surface area (Å²) in [5.41, 5.74) is 0.731. The Hall–Kier alpha value is -2.40. The first-order valence-electron chi connectivity index (χ1n) is 7.64. The molecule has 0 fully saturated rings. The van der Waals surface area contributed by atoms with Gasteiger partial charge in [0.2, 0.25) is 5.89 Å². The quantitative estimate of drug-likeness (QED) is 0.803. The Morgan fingerprint density at radius 1 is 1.17 bits per heavy atom. The molecule has 0 aliphatic carbocycles. The van der Waals surface area contributed by atoms with E-state index in [0.717, 1.165) is 11.3 Å². The van der Waals surface area contributed by atoms with Crippen LogP contribution in [0.2, 0.25) is 0 Å². The van der Waals surface area contributed by atoms with Gasteiger partial charge in [-0.3, -0.25) is 0 Å². The lowest BCUT2D eigenvalue weighted by atomic mass is 9.94. The normalized spacial score (nSPS) is 13.2. The molecule has 0 radical (unpaired) electrons. The third kappa shape index (κ3) is 3.35. The number of hydrogen-bond donors (Lipinski definition) is 1. The summed E-state index contributed by atoms with van der Waals surface area (Å²) in [7, 11) is 0. The minimum atomic E-state index is -0.775. The highest BCUT2D eigenvalue weighted by Crippen LogP contribution is 2.24. The van der Waals surface area contributed by atoms with Gasteiger partial charge in [0.1, 0.15) is 24.2 Å². The van der Waals surface area contributed by atoms with Crippen molar-refractivity contribution in [2.45, 2.75) is 38.8 Å². The Kier molecular flexibility index (Phi) is 4.05. The van der Waals surface area contributed by atoms with E-state index in [2.05, 4.69) is 30.7 Å². The number of benzene rings is 1. The molecule has 0 aliphatic heterocycles. The van der Waals surface area contributed by atoms with Gasteiger partial charge >= 0.3 is 0 Å². The van der Waals surface area contributed by atoms with Crippen molar-refractivity contribution in [2.75, 3.05) is 0 Å². The number of rotatable bonds is 4. The van der Waals surface area contributed by atoms with Gasteiger partial charge in [0.05, 0.1) is 6.20 Å². The average molecular weight is 311 g/mol. The molecule has 2 aromatic heterocycles. The number of aliphatic hydroxyl groups is 1. The lowest BCUT2D eigenvalue weighted by Gasteiger charge is -2.14. The smallest absolute Gasteiger partial charge is 0.214 e. The van der Waals surface area contributed by atoms with Crippen molar-refractivity contribution in [3.05, 3.63) is 72.0 Å². The third-order valence-corrected chi connectivity index (χ3v) is 3.71. The monoisotopic (exact) mass is 311 g/mol. The zero-order chi connectivity index (χ0) is 16.4. The van der Waals surface area contributed by atoms with Crippen LogP contribution in [-0.4, -0.2) is 19.6 Å². The number of imidazole rings is 1. The summed E-state index contributed by atoms with van der Waals surface area (Å²) in [5.74, 6) is 2.03. The predicted molar refractivity (Wildman–Crippen MR) is 87.0 cm³/mol. The van der Waals surface area contributed by atoms with E-state index in [4.69, 9.17) is 4.42 Å². The van der Waals surface area contributed by atoms with Crippen molar-refractivity contribution >= 4 is 0 Å². The van der Waals surface area contributed by atoms with Crippen molar-refractivity contribution < 1.29 is 9.52 Å². The van der Waals surface area contributed by atoms with Crippen LogP contribution in [0.15, 0.2) is 53.3 Å². The van der Waals surface area contributed by atoms with Gasteiger partial charge < -0.3 is 14.1 Å². The molecule has 1 N–H and O–H groups in total. The average Bonchev–Trinajstić information content (AvgIpc) is 3.17. The van der Waals surface area contributed by atoms with Gasteiger partial charge in [0.25, 0.3) is 0 Å². The minimum absolute atomic E-state index is 0.0768. The van der Waals surface area contributed by atoms with E-state index in [-0.39, 0.29) is 5.41 Å². The Morgan fingerprint density at radius 2 is 1.91 bits per heavy atom. The molecule has 3 rings (SSSR count). The Morgan fingerprint density at radius 3 is 2.57 bits per heavy atom. The molecule has 0 unspecified atom stereocenters. The molecular weight excluding hydrogens is 290 g/mol. The summed E-state index contributed by atoms with van der Waals surface area (Å²) in [6.45, 7) is 6.69. The van der Waals surface area contributed by atoms with Crippen molar-refractivity contribution in [3.63, 3.8) is 0 Å². The highest BCUT2D eigenvalue weighted by molar-refractivity contribution is 5.23. The van der Waals surface area contributed by atoms with Crippen molar-refractivity contribution in [1.29, 1.82) is 0 Å². The fourth-order valence-corrected chi connectivity index (χ4v) is 2.36. The maximum absolute atomic E-state index is 10.5. The number of aliphatic hydroxyl groups excluding tert-OH is 1. The number of aromatic nitrogens is 3. The van der Waals surface area contributed by atoms with Crippen LogP contribution in [0.1, 0.15) is 49.9 Å². The number of oxazole rings is 1. The van der Waals surface area contributed by atoms with E-state index in [1.165, 1.54) is 0 Å². The second-order valence-electron chi connectivity index (χ2n) is 6.59. The van der Waals surface area contributed by atoms with Gasteiger partial charge in [-0.1, -0.05) is 51.1 Å². The van der Waals surface area contributed by atoms with E-state index >= 15 is 0 Å². The first kappa shape index (κ1) is 15.5. The van der Waals surface area contributed by atoms with Crippen LogP contribution >= 0.6 is 0 Å². The van der Waals surface area contributed by atoms with E-state index in [1.807, 2.05) is 41.1 Å². The maximum Gasteiger partial charge on any atom is 0.214 e. The fourth-order valence-electron chi connectivity index (χ4n) is 2.36.